The molecule has 1 heterocycles. The highest BCUT2D eigenvalue weighted by atomic mass is 35.5. The monoisotopic (exact) mass is 256 g/mol. The van der Waals surface area contributed by atoms with Crippen molar-refractivity contribution in [2.45, 2.75) is 18.9 Å². The number of benzene rings is 1. The van der Waals surface area contributed by atoms with Crippen molar-refractivity contribution >= 4 is 29.0 Å². The summed E-state index contributed by atoms with van der Waals surface area (Å²) in [6, 6.07) is 2.33. The molecule has 90 valence electrons. The summed E-state index contributed by atoms with van der Waals surface area (Å²) < 4.78 is 13.7. The molecule has 17 heavy (non-hydrogen) atoms. The number of primary amides is 1. The van der Waals surface area contributed by atoms with Gasteiger partial charge in [-0.3, -0.25) is 9.59 Å². The molecule has 0 saturated heterocycles. The lowest BCUT2D eigenvalue weighted by atomic mass is 9.94. The summed E-state index contributed by atoms with van der Waals surface area (Å²) in [5.41, 5.74) is 5.36. The van der Waals surface area contributed by atoms with Gasteiger partial charge in [0.05, 0.1) is 10.7 Å². The van der Waals surface area contributed by atoms with Crippen LogP contribution in [0.5, 0.6) is 0 Å². The highest BCUT2D eigenvalue weighted by molar-refractivity contribution is 6.31. The van der Waals surface area contributed by atoms with Crippen LogP contribution in [0.25, 0.3) is 0 Å². The Morgan fingerprint density at radius 3 is 2.94 bits per heavy atom. The van der Waals surface area contributed by atoms with Crippen molar-refractivity contribution in [3.63, 3.8) is 0 Å². The Labute approximate surface area is 102 Å². The molecule has 0 bridgehead atoms. The predicted octanol–water partition coefficient (Wildman–Crippen LogP) is 1.72. The summed E-state index contributed by atoms with van der Waals surface area (Å²) in [5.74, 6) is -1.44. The Hall–Kier alpha value is -1.62. The van der Waals surface area contributed by atoms with E-state index in [1.165, 1.54) is 12.1 Å². The van der Waals surface area contributed by atoms with E-state index in [1.807, 2.05) is 0 Å². The maximum atomic E-state index is 13.7. The number of hydrogen-bond acceptors (Lipinski definition) is 3. The van der Waals surface area contributed by atoms with E-state index >= 15 is 0 Å². The summed E-state index contributed by atoms with van der Waals surface area (Å²) in [6.45, 7) is 0. The quantitative estimate of drug-likeness (QED) is 0.846. The second kappa shape index (κ2) is 4.33. The minimum absolute atomic E-state index is 0.0167. The lowest BCUT2D eigenvalue weighted by molar-refractivity contribution is -0.118. The Morgan fingerprint density at radius 1 is 1.59 bits per heavy atom. The summed E-state index contributed by atoms with van der Waals surface area (Å²) in [5, 5.41) is 2.72. The Balaban J connectivity index is 2.37. The molecule has 1 aliphatic rings. The van der Waals surface area contributed by atoms with Gasteiger partial charge in [0.15, 0.2) is 11.6 Å². The van der Waals surface area contributed by atoms with Crippen molar-refractivity contribution in [2.24, 2.45) is 5.73 Å². The first-order chi connectivity index (χ1) is 7.99. The van der Waals surface area contributed by atoms with E-state index in [-0.39, 0.29) is 34.9 Å². The minimum Gasteiger partial charge on any atom is -0.378 e. The number of anilines is 1. The third-order valence-electron chi connectivity index (χ3n) is 2.62. The van der Waals surface area contributed by atoms with Crippen LogP contribution < -0.4 is 11.1 Å². The normalized spacial score (nSPS) is 18.5. The minimum atomic E-state index is -0.674. The highest BCUT2D eigenvalue weighted by Crippen LogP contribution is 2.32. The number of rotatable bonds is 2. The molecule has 0 fully saturated rings. The number of carbonyl (C=O) groups is 2. The number of ketones is 1. The average molecular weight is 257 g/mol. The fourth-order valence-corrected chi connectivity index (χ4v) is 2.04. The van der Waals surface area contributed by atoms with Crippen LogP contribution in [0.1, 0.15) is 23.2 Å². The van der Waals surface area contributed by atoms with Crippen LogP contribution in [-0.2, 0) is 4.79 Å². The molecule has 4 nitrogen and oxygen atoms in total. The molecule has 0 radical (unpaired) electrons. The predicted molar refractivity (Wildman–Crippen MR) is 61.6 cm³/mol. The van der Waals surface area contributed by atoms with E-state index in [0.717, 1.165) is 0 Å². The maximum absolute atomic E-state index is 13.7. The van der Waals surface area contributed by atoms with Gasteiger partial charge in [0.25, 0.3) is 0 Å². The van der Waals surface area contributed by atoms with Gasteiger partial charge in [0.2, 0.25) is 5.91 Å². The number of Topliss-reactive ketones (excluding diaryl/α,β-unsaturated/α-hetero) is 1. The number of nitrogens with two attached hydrogens (primary N) is 1. The van der Waals surface area contributed by atoms with Crippen molar-refractivity contribution in [1.29, 1.82) is 0 Å². The van der Waals surface area contributed by atoms with E-state index in [9.17, 15) is 14.0 Å². The second-order valence-electron chi connectivity index (χ2n) is 3.92. The van der Waals surface area contributed by atoms with E-state index < -0.39 is 17.8 Å². The number of nitrogens with one attached hydrogen (secondary N) is 1. The highest BCUT2D eigenvalue weighted by Gasteiger charge is 2.28. The molecule has 1 atom stereocenters. The van der Waals surface area contributed by atoms with Crippen LogP contribution >= 0.6 is 11.6 Å². The van der Waals surface area contributed by atoms with E-state index in [2.05, 4.69) is 5.32 Å². The second-order valence-corrected chi connectivity index (χ2v) is 4.33. The zero-order valence-electron chi connectivity index (χ0n) is 8.80. The van der Waals surface area contributed by atoms with Crippen LogP contribution in [0.2, 0.25) is 5.02 Å². The molecule has 3 N–H and O–H groups in total. The zero-order chi connectivity index (χ0) is 12.6. The topological polar surface area (TPSA) is 72.2 Å². The third-order valence-corrected chi connectivity index (χ3v) is 2.91. The van der Waals surface area contributed by atoms with Crippen LogP contribution in [0, 0.1) is 5.82 Å². The molecular formula is C11H10ClFN2O2. The number of halogens is 2. The number of carbonyl (C=O) groups excluding carboxylic acids is 2. The van der Waals surface area contributed by atoms with Gasteiger partial charge >= 0.3 is 0 Å². The fourth-order valence-electron chi connectivity index (χ4n) is 1.88. The van der Waals surface area contributed by atoms with Gasteiger partial charge in [-0.2, -0.15) is 0 Å². The Morgan fingerprint density at radius 2 is 2.29 bits per heavy atom. The van der Waals surface area contributed by atoms with Crippen molar-refractivity contribution in [3.05, 3.63) is 28.5 Å². The molecule has 0 saturated carbocycles. The van der Waals surface area contributed by atoms with Crippen molar-refractivity contribution in [3.8, 4) is 0 Å². The van der Waals surface area contributed by atoms with Gasteiger partial charge in [-0.25, -0.2) is 4.39 Å². The summed E-state index contributed by atoms with van der Waals surface area (Å²) in [7, 11) is 0. The lowest BCUT2D eigenvalue weighted by Crippen LogP contribution is -2.33. The van der Waals surface area contributed by atoms with Gasteiger partial charge in [-0.05, 0) is 12.1 Å². The van der Waals surface area contributed by atoms with E-state index in [1.54, 1.807) is 0 Å². The molecule has 1 amide bonds. The number of fused-ring (bicyclic) bond motifs is 1. The lowest BCUT2D eigenvalue weighted by Gasteiger charge is -2.25. The zero-order valence-corrected chi connectivity index (χ0v) is 9.55. The summed E-state index contributed by atoms with van der Waals surface area (Å²) >= 11 is 5.63. The van der Waals surface area contributed by atoms with Gasteiger partial charge < -0.3 is 11.1 Å². The third kappa shape index (κ3) is 2.24. The van der Waals surface area contributed by atoms with E-state index in [0.29, 0.717) is 0 Å². The fraction of sp³-hybridized carbons (Fsp3) is 0.273. The number of amides is 1. The summed E-state index contributed by atoms with van der Waals surface area (Å²) in [4.78, 5) is 22.5. The summed E-state index contributed by atoms with van der Waals surface area (Å²) in [6.07, 6.45) is 0.105. The molecule has 0 aromatic heterocycles. The van der Waals surface area contributed by atoms with Gasteiger partial charge in [-0.1, -0.05) is 11.6 Å². The largest absolute Gasteiger partial charge is 0.378 e. The van der Waals surface area contributed by atoms with Crippen molar-refractivity contribution in [1.82, 2.24) is 0 Å². The average Bonchev–Trinajstić information content (AvgIpc) is 2.23. The Kier molecular flexibility index (Phi) is 3.02. The molecule has 2 rings (SSSR count). The smallest absolute Gasteiger partial charge is 0.219 e. The van der Waals surface area contributed by atoms with Crippen molar-refractivity contribution in [2.75, 3.05) is 5.32 Å². The van der Waals surface area contributed by atoms with E-state index in [4.69, 9.17) is 17.3 Å². The van der Waals surface area contributed by atoms with Crippen molar-refractivity contribution < 1.29 is 14.0 Å². The standard InChI is InChI=1S/C11H10ClFN2O2/c12-7-2-1-6-8(16)3-5(4-9(14)17)15-11(6)10(7)13/h1-2,5,15H,3-4H2,(H2,14,17). The molecule has 0 spiro atoms. The first-order valence-corrected chi connectivity index (χ1v) is 5.43. The number of hydrogen-bond donors (Lipinski definition) is 2. The van der Waals surface area contributed by atoms with Gasteiger partial charge in [0, 0.05) is 24.4 Å². The molecular weight excluding hydrogens is 247 g/mol. The first kappa shape index (κ1) is 11.9. The van der Waals surface area contributed by atoms with Crippen LogP contribution in [0.15, 0.2) is 12.1 Å². The van der Waals surface area contributed by atoms with Gasteiger partial charge in [0.1, 0.15) is 0 Å². The molecule has 6 heteroatoms. The Bertz CT molecular complexity index is 504. The molecule has 1 unspecified atom stereocenters. The molecule has 1 aromatic rings. The van der Waals surface area contributed by atoms with Crippen LogP contribution in [-0.4, -0.2) is 17.7 Å². The van der Waals surface area contributed by atoms with Gasteiger partial charge in [-0.15, -0.1) is 0 Å². The van der Waals surface area contributed by atoms with Crippen LogP contribution in [0.4, 0.5) is 10.1 Å². The molecule has 1 aromatic carbocycles. The van der Waals surface area contributed by atoms with Crippen LogP contribution in [0.3, 0.4) is 0 Å². The SMILES string of the molecule is NC(=O)CC1CC(=O)c2ccc(Cl)c(F)c2N1. The maximum Gasteiger partial charge on any atom is 0.219 e. The first-order valence-electron chi connectivity index (χ1n) is 5.05. The molecule has 0 aliphatic carbocycles. The molecule has 1 aliphatic heterocycles.